The number of halogens is 4. The molecule has 4 heterocycles. The van der Waals surface area contributed by atoms with Crippen molar-refractivity contribution < 1.29 is 46.3 Å². The molecule has 0 bridgehead atoms. The molecule has 0 unspecified atom stereocenters. The largest absolute Gasteiger partial charge is 0.366 e. The van der Waals surface area contributed by atoms with Crippen molar-refractivity contribution in [1.82, 2.24) is 20.6 Å². The Balaban J connectivity index is 1.02. The van der Waals surface area contributed by atoms with Crippen molar-refractivity contribution in [3.8, 4) is 33.4 Å². The van der Waals surface area contributed by atoms with Crippen LogP contribution in [0.3, 0.4) is 0 Å². The molecule has 0 fully saturated rings. The Hall–Kier alpha value is -9.84. The molecule has 0 saturated heterocycles. The van der Waals surface area contributed by atoms with Gasteiger partial charge in [0.1, 0.15) is 23.3 Å². The summed E-state index contributed by atoms with van der Waals surface area (Å²) in [6.45, 7) is 0. The fourth-order valence-electron chi connectivity index (χ4n) is 10.2. The fraction of sp³-hybridized carbons (Fsp3) is 0.133. The molecule has 2 aliphatic rings. The lowest BCUT2D eigenvalue weighted by Gasteiger charge is -2.24. The quantitative estimate of drug-likeness (QED) is 0.0481. The Morgan fingerprint density at radius 3 is 1.54 bits per heavy atom. The van der Waals surface area contributed by atoms with E-state index in [1.54, 1.807) is 84.9 Å². The molecule has 8 aromatic rings. The summed E-state index contributed by atoms with van der Waals surface area (Å²) < 4.78 is 63.4. The lowest BCUT2D eigenvalue weighted by Crippen LogP contribution is -2.33. The predicted octanol–water partition coefficient (Wildman–Crippen LogP) is 9.28. The van der Waals surface area contributed by atoms with Crippen molar-refractivity contribution in [3.05, 3.63) is 226 Å². The summed E-state index contributed by atoms with van der Waals surface area (Å²) in [5.74, 6) is -9.06. The number of amides is 6. The van der Waals surface area contributed by atoms with Gasteiger partial charge in [0.05, 0.1) is 40.9 Å². The van der Waals surface area contributed by atoms with Crippen molar-refractivity contribution in [2.75, 3.05) is 10.6 Å². The van der Waals surface area contributed by atoms with Gasteiger partial charge in [-0.05, 0) is 119 Å². The molecular formula is C60H46F4N8O6. The third-order valence-electron chi connectivity index (χ3n) is 13.8. The molecule has 390 valence electrons. The van der Waals surface area contributed by atoms with E-state index in [4.69, 9.17) is 11.5 Å². The number of nitrogens with two attached hydrogens (primary N) is 2. The number of primary amides is 2. The number of hydrogen-bond donors (Lipinski definition) is 6. The average molecular weight is 1050 g/mol. The zero-order valence-electron chi connectivity index (χ0n) is 41.2. The molecular weight excluding hydrogens is 1000 g/mol. The van der Waals surface area contributed by atoms with Gasteiger partial charge in [0.15, 0.2) is 0 Å². The molecule has 0 spiro atoms. The Morgan fingerprint density at radius 2 is 1.01 bits per heavy atom. The van der Waals surface area contributed by atoms with Crippen LogP contribution in [0.5, 0.6) is 0 Å². The van der Waals surface area contributed by atoms with E-state index in [0.717, 1.165) is 24.3 Å². The second-order valence-corrected chi connectivity index (χ2v) is 19.0. The maximum Gasteiger partial charge on any atom is 0.248 e. The van der Waals surface area contributed by atoms with Crippen molar-refractivity contribution in [1.29, 1.82) is 0 Å². The molecule has 6 amide bonds. The number of para-hydroxylation sites is 2. The molecule has 2 aliphatic heterocycles. The van der Waals surface area contributed by atoms with E-state index in [0.29, 0.717) is 39.7 Å². The number of pyridine rings is 2. The maximum atomic E-state index is 17.0. The molecule has 0 saturated carbocycles. The van der Waals surface area contributed by atoms with Crippen LogP contribution in [0.25, 0.3) is 33.4 Å². The molecule has 8 N–H and O–H groups in total. The average Bonchev–Trinajstić information content (AvgIpc) is 3.97. The fourth-order valence-corrected chi connectivity index (χ4v) is 10.2. The highest BCUT2D eigenvalue weighted by molar-refractivity contribution is 6.06. The van der Waals surface area contributed by atoms with Crippen LogP contribution in [0.15, 0.2) is 158 Å². The Morgan fingerprint density at radius 1 is 0.526 bits per heavy atom. The minimum Gasteiger partial charge on any atom is -0.366 e. The summed E-state index contributed by atoms with van der Waals surface area (Å²) in [6, 6.07) is 33.8. The highest BCUT2D eigenvalue weighted by Crippen LogP contribution is 2.39. The number of fused-ring (bicyclic) bond motifs is 2. The van der Waals surface area contributed by atoms with E-state index in [9.17, 15) is 37.5 Å². The van der Waals surface area contributed by atoms with Crippen molar-refractivity contribution in [3.63, 3.8) is 0 Å². The second-order valence-electron chi connectivity index (χ2n) is 19.0. The van der Waals surface area contributed by atoms with Crippen LogP contribution in [0.4, 0.5) is 28.9 Å². The number of nitrogens with one attached hydrogen (secondary N) is 4. The molecule has 0 aliphatic carbocycles. The molecule has 78 heavy (non-hydrogen) atoms. The number of hydrogen-bond acceptors (Lipinski definition) is 8. The standard InChI is InChI=1S/C60H46F4N8O6/c61-38-18-31(19-39(62)27-38)22-51(70-53(74)29-45-42-13-2-4-16-49(42)72-60(45)78)56-43(34-9-6-11-36(25-34)58(66)76)26-37(30-68-56)54-46(63)20-32(21-47(54)64)23-50(69-52(73)28-44-41-12-1-3-15-48(41)71-59(44)77)55-40(14-7-17-67-55)33-8-5-10-35(24-33)57(65)75/h1-21,24-27,30,44-45,50-51H,22-23,28-29H2,(H2,65,75)(H2,66,76)(H,69,73)(H,70,74)(H,71,77)(H,72,78)/t44-,45+,50+,51+/m1/s1. The Bertz CT molecular complexity index is 3720. The molecule has 10 rings (SSSR count). The van der Waals surface area contributed by atoms with Gasteiger partial charge in [-0.25, -0.2) is 17.6 Å². The summed E-state index contributed by atoms with van der Waals surface area (Å²) in [7, 11) is 0. The van der Waals surface area contributed by atoms with E-state index >= 15 is 8.78 Å². The minimum absolute atomic E-state index is 0.0545. The van der Waals surface area contributed by atoms with Crippen LogP contribution in [-0.2, 0) is 32.0 Å². The van der Waals surface area contributed by atoms with Crippen LogP contribution >= 0.6 is 0 Å². The van der Waals surface area contributed by atoms with Gasteiger partial charge >= 0.3 is 0 Å². The van der Waals surface area contributed by atoms with Gasteiger partial charge in [0.2, 0.25) is 35.4 Å². The normalized spacial score (nSPS) is 15.1. The first-order chi connectivity index (χ1) is 37.6. The first kappa shape index (κ1) is 51.6. The van der Waals surface area contributed by atoms with E-state index in [2.05, 4.69) is 31.2 Å². The van der Waals surface area contributed by atoms with Crippen molar-refractivity contribution in [2.45, 2.75) is 49.6 Å². The number of anilines is 2. The van der Waals surface area contributed by atoms with E-state index in [-0.39, 0.29) is 81.9 Å². The van der Waals surface area contributed by atoms with Crippen LogP contribution in [0.2, 0.25) is 0 Å². The van der Waals surface area contributed by atoms with E-state index < -0.39 is 82.3 Å². The summed E-state index contributed by atoms with van der Waals surface area (Å²) in [4.78, 5) is 88.4. The number of carbonyl (C=O) groups is 6. The minimum atomic E-state index is -1.20. The zero-order valence-corrected chi connectivity index (χ0v) is 41.2. The number of aromatic nitrogens is 2. The first-order valence-corrected chi connectivity index (χ1v) is 24.6. The van der Waals surface area contributed by atoms with Gasteiger partial charge in [-0.2, -0.15) is 0 Å². The summed E-state index contributed by atoms with van der Waals surface area (Å²) >= 11 is 0. The summed E-state index contributed by atoms with van der Waals surface area (Å²) in [6.07, 6.45) is 1.56. The molecule has 4 atom stereocenters. The Kier molecular flexibility index (Phi) is 14.4. The lowest BCUT2D eigenvalue weighted by molar-refractivity contribution is -0.125. The van der Waals surface area contributed by atoms with E-state index in [1.165, 1.54) is 42.7 Å². The lowest BCUT2D eigenvalue weighted by atomic mass is 9.91. The SMILES string of the molecule is NC(=O)c1cccc(-c2cc(-c3c(F)cc(C[C@H](NC(=O)C[C@H]4C(=O)Nc5ccccc54)c4ncccc4-c4cccc(C(N)=O)c4)cc3F)cnc2[C@H](Cc2cc(F)cc(F)c2)NC(=O)C[C@@H]2C(=O)Nc3ccccc32)c1. The topological polar surface area (TPSA) is 228 Å². The summed E-state index contributed by atoms with van der Waals surface area (Å²) in [5.41, 5.74) is 15.2. The molecule has 18 heteroatoms. The van der Waals surface area contributed by atoms with E-state index in [1.807, 2.05) is 0 Å². The smallest absolute Gasteiger partial charge is 0.248 e. The predicted molar refractivity (Wildman–Crippen MR) is 282 cm³/mol. The van der Waals surface area contributed by atoms with Crippen LogP contribution in [-0.4, -0.2) is 45.4 Å². The Labute approximate surface area is 443 Å². The number of benzene rings is 6. The highest BCUT2D eigenvalue weighted by atomic mass is 19.1. The van der Waals surface area contributed by atoms with Gasteiger partial charge in [-0.3, -0.25) is 38.7 Å². The van der Waals surface area contributed by atoms with Crippen molar-refractivity contribution in [2.24, 2.45) is 11.5 Å². The van der Waals surface area contributed by atoms with Crippen LogP contribution in [0, 0.1) is 23.3 Å². The third-order valence-corrected chi connectivity index (χ3v) is 13.8. The van der Waals surface area contributed by atoms with Crippen LogP contribution in [0.1, 0.15) is 91.1 Å². The van der Waals surface area contributed by atoms with Gasteiger partial charge in [-0.15, -0.1) is 0 Å². The maximum absolute atomic E-state index is 17.0. The first-order valence-electron chi connectivity index (χ1n) is 24.6. The van der Waals surface area contributed by atoms with Gasteiger partial charge < -0.3 is 32.7 Å². The van der Waals surface area contributed by atoms with Gasteiger partial charge in [0, 0.05) is 70.5 Å². The van der Waals surface area contributed by atoms with Crippen molar-refractivity contribution >= 4 is 46.8 Å². The number of rotatable bonds is 17. The summed E-state index contributed by atoms with van der Waals surface area (Å²) in [5, 5.41) is 11.4. The second kappa shape index (κ2) is 21.8. The molecule has 6 aromatic carbocycles. The van der Waals surface area contributed by atoms with Gasteiger partial charge in [-0.1, -0.05) is 66.7 Å². The van der Waals surface area contributed by atoms with Crippen LogP contribution < -0.4 is 32.7 Å². The number of carbonyl (C=O) groups excluding carboxylic acids is 6. The highest BCUT2D eigenvalue weighted by Gasteiger charge is 2.35. The third kappa shape index (κ3) is 11.0. The molecule has 14 nitrogen and oxygen atoms in total. The molecule has 2 aromatic heterocycles. The molecule has 0 radical (unpaired) electrons. The number of nitrogens with zero attached hydrogens (tertiary/aromatic N) is 2. The zero-order chi connectivity index (χ0) is 54.8. The monoisotopic (exact) mass is 1050 g/mol. The van der Waals surface area contributed by atoms with Gasteiger partial charge in [0.25, 0.3) is 0 Å².